The molecule has 0 saturated heterocycles. The fraction of sp³-hybridized carbons (Fsp3) is 0.243. The first-order chi connectivity index (χ1) is 23.2. The number of hydrogen-bond acceptors (Lipinski definition) is 5. The Morgan fingerprint density at radius 1 is 0.958 bits per heavy atom. The van der Waals surface area contributed by atoms with E-state index < -0.39 is 23.7 Å². The van der Waals surface area contributed by atoms with Crippen LogP contribution in [0.4, 0.5) is 11.4 Å². The lowest BCUT2D eigenvalue weighted by molar-refractivity contribution is -0.116. The first-order valence-electron chi connectivity index (χ1n) is 16.0. The number of imidazole rings is 1. The lowest BCUT2D eigenvalue weighted by Crippen LogP contribution is -2.35. The Bertz CT molecular complexity index is 1910. The molecule has 5 aromatic rings. The number of carbonyl (C=O) groups is 1. The molecular formula is C37H36Cl2N5O3S-. The van der Waals surface area contributed by atoms with Gasteiger partial charge in [0.2, 0.25) is 5.91 Å². The summed E-state index contributed by atoms with van der Waals surface area (Å²) in [6, 6.07) is 29.1. The number of carbonyl (C=O) groups excluding carboxylic acids is 1. The molecule has 1 aliphatic rings. The summed E-state index contributed by atoms with van der Waals surface area (Å²) in [6.07, 6.45) is 9.03. The van der Waals surface area contributed by atoms with Crippen LogP contribution in [0.1, 0.15) is 43.5 Å². The Hall–Kier alpha value is -4.15. The second-order valence-electron chi connectivity index (χ2n) is 12.1. The summed E-state index contributed by atoms with van der Waals surface area (Å²) >= 11 is 10.0. The van der Waals surface area contributed by atoms with Gasteiger partial charge >= 0.3 is 0 Å². The summed E-state index contributed by atoms with van der Waals surface area (Å²) in [4.78, 5) is 16.6. The number of rotatable bonds is 12. The molecule has 1 heterocycles. The van der Waals surface area contributed by atoms with Crippen LogP contribution < -0.4 is 15.4 Å². The maximum atomic E-state index is 12.0. The Morgan fingerprint density at radius 3 is 2.33 bits per heavy atom. The molecule has 248 valence electrons. The minimum absolute atomic E-state index is 0.296. The van der Waals surface area contributed by atoms with E-state index in [0.717, 1.165) is 39.1 Å². The van der Waals surface area contributed by atoms with E-state index in [9.17, 15) is 13.6 Å². The molecule has 1 atom stereocenters. The van der Waals surface area contributed by atoms with Crippen LogP contribution in [0.3, 0.4) is 0 Å². The van der Waals surface area contributed by atoms with Gasteiger partial charge in [0.05, 0.1) is 16.4 Å². The second kappa shape index (κ2) is 15.4. The van der Waals surface area contributed by atoms with Crippen molar-refractivity contribution in [2.45, 2.75) is 38.5 Å². The molecule has 1 aliphatic carbocycles. The molecule has 1 amide bonds. The average molecular weight is 702 g/mol. The average Bonchev–Trinajstić information content (AvgIpc) is 3.50. The third-order valence-corrected chi connectivity index (χ3v) is 9.96. The van der Waals surface area contributed by atoms with Gasteiger partial charge in [0.15, 0.2) is 0 Å². The highest BCUT2D eigenvalue weighted by atomic mass is 35.5. The zero-order chi connectivity index (χ0) is 33.6. The molecule has 0 bridgehead atoms. The summed E-state index contributed by atoms with van der Waals surface area (Å²) < 4.78 is 26.7. The highest BCUT2D eigenvalue weighted by Gasteiger charge is 2.17. The van der Waals surface area contributed by atoms with Gasteiger partial charge in [0, 0.05) is 52.4 Å². The number of aromatic nitrogens is 2. The van der Waals surface area contributed by atoms with Crippen LogP contribution in [0.15, 0.2) is 97.2 Å². The predicted octanol–water partition coefficient (Wildman–Crippen LogP) is 8.18. The van der Waals surface area contributed by atoms with Crippen molar-refractivity contribution in [3.63, 3.8) is 0 Å². The van der Waals surface area contributed by atoms with Gasteiger partial charge in [-0.3, -0.25) is 13.3 Å². The standard InChI is InChI=1S/C37H37Cl2N5O3S/c38-29-15-18-33(34(39)20-29)35-23-43(31-7-4-8-32(21-31)44(48(46)47)24-36(40)45)37(42-35)19-25-9-11-27(12-10-25)28-13-16-30(17-14-28)41-22-26-5-2-1-3-6-26/h4,7-18,20-21,23,26,41H,1-3,5-6,19,22,24H2,(H2,40,45)(H,46,47)/p-1. The molecule has 1 aromatic heterocycles. The number of halogens is 2. The summed E-state index contributed by atoms with van der Waals surface area (Å²) in [5.74, 6) is 0.710. The van der Waals surface area contributed by atoms with Crippen LogP contribution >= 0.6 is 23.2 Å². The van der Waals surface area contributed by atoms with Crippen LogP contribution in [-0.2, 0) is 22.5 Å². The molecule has 11 heteroatoms. The van der Waals surface area contributed by atoms with Gasteiger partial charge in [-0.1, -0.05) is 84.9 Å². The largest absolute Gasteiger partial charge is 0.755 e. The molecule has 0 spiro atoms. The lowest BCUT2D eigenvalue weighted by Gasteiger charge is -2.25. The third-order valence-electron chi connectivity index (χ3n) is 8.72. The third kappa shape index (κ3) is 8.28. The number of primary amides is 1. The van der Waals surface area contributed by atoms with E-state index in [1.54, 1.807) is 30.3 Å². The van der Waals surface area contributed by atoms with E-state index in [1.807, 2.05) is 22.9 Å². The molecule has 4 aromatic carbocycles. The van der Waals surface area contributed by atoms with Crippen molar-refractivity contribution < 1.29 is 13.6 Å². The van der Waals surface area contributed by atoms with Gasteiger partial charge in [-0.25, -0.2) is 4.98 Å². The van der Waals surface area contributed by atoms with Gasteiger partial charge in [0.1, 0.15) is 12.4 Å². The quantitative estimate of drug-likeness (QED) is 0.127. The second-order valence-corrected chi connectivity index (χ2v) is 13.8. The van der Waals surface area contributed by atoms with Gasteiger partial charge < -0.3 is 20.2 Å². The van der Waals surface area contributed by atoms with Crippen molar-refractivity contribution in [1.29, 1.82) is 0 Å². The molecule has 1 fully saturated rings. The number of amides is 1. The summed E-state index contributed by atoms with van der Waals surface area (Å²) in [6.45, 7) is 0.553. The molecule has 1 unspecified atom stereocenters. The predicted molar refractivity (Wildman–Crippen MR) is 194 cm³/mol. The smallest absolute Gasteiger partial charge is 0.238 e. The summed E-state index contributed by atoms with van der Waals surface area (Å²) in [5.41, 5.74) is 12.0. The molecule has 3 N–H and O–H groups in total. The lowest BCUT2D eigenvalue weighted by atomic mass is 9.89. The van der Waals surface area contributed by atoms with Gasteiger partial charge in [-0.15, -0.1) is 0 Å². The fourth-order valence-corrected chi connectivity index (χ4v) is 7.22. The Labute approximate surface area is 293 Å². The first-order valence-corrected chi connectivity index (χ1v) is 17.7. The summed E-state index contributed by atoms with van der Waals surface area (Å²) in [5, 5.41) is 4.59. The van der Waals surface area contributed by atoms with E-state index in [-0.39, 0.29) is 0 Å². The number of hydrogen-bond donors (Lipinski definition) is 2. The Morgan fingerprint density at radius 2 is 1.67 bits per heavy atom. The van der Waals surface area contributed by atoms with Crippen LogP contribution in [-0.4, -0.2) is 37.3 Å². The minimum atomic E-state index is -2.70. The number of nitrogens with one attached hydrogen (secondary N) is 1. The molecule has 6 rings (SSSR count). The molecule has 1 saturated carbocycles. The van der Waals surface area contributed by atoms with Crippen LogP contribution in [0.25, 0.3) is 28.1 Å². The van der Waals surface area contributed by atoms with E-state index in [1.165, 1.54) is 32.1 Å². The number of benzene rings is 4. The number of nitrogens with two attached hydrogens (primary N) is 1. The van der Waals surface area contributed by atoms with Crippen molar-refractivity contribution in [3.8, 4) is 28.1 Å². The van der Waals surface area contributed by atoms with Gasteiger partial charge in [-0.05, 0) is 84.0 Å². The van der Waals surface area contributed by atoms with Gasteiger partial charge in [0.25, 0.3) is 0 Å². The molecule has 48 heavy (non-hydrogen) atoms. The van der Waals surface area contributed by atoms with E-state index in [0.29, 0.717) is 44.9 Å². The minimum Gasteiger partial charge on any atom is -0.755 e. The van der Waals surface area contributed by atoms with E-state index in [2.05, 4.69) is 53.8 Å². The van der Waals surface area contributed by atoms with Crippen LogP contribution in [0.5, 0.6) is 0 Å². The first kappa shape index (κ1) is 33.7. The number of nitrogens with zero attached hydrogens (tertiary/aromatic N) is 3. The monoisotopic (exact) mass is 700 g/mol. The molecule has 0 aliphatic heterocycles. The van der Waals surface area contributed by atoms with Gasteiger partial charge in [-0.2, -0.15) is 0 Å². The maximum Gasteiger partial charge on any atom is 0.238 e. The molecule has 0 radical (unpaired) electrons. The van der Waals surface area contributed by atoms with Crippen molar-refractivity contribution in [2.24, 2.45) is 11.7 Å². The Balaban J connectivity index is 1.26. The van der Waals surface area contributed by atoms with Crippen molar-refractivity contribution >= 4 is 51.8 Å². The zero-order valence-electron chi connectivity index (χ0n) is 26.3. The van der Waals surface area contributed by atoms with Crippen molar-refractivity contribution in [3.05, 3.63) is 119 Å². The highest BCUT2D eigenvalue weighted by molar-refractivity contribution is 7.80. The van der Waals surface area contributed by atoms with E-state index in [4.69, 9.17) is 33.9 Å². The SMILES string of the molecule is NC(=O)CN(c1cccc(-n2cc(-c3ccc(Cl)cc3Cl)nc2Cc2ccc(-c3ccc(NCC4CCCCC4)cc3)cc2)c1)S(=O)[O-]. The molecule has 8 nitrogen and oxygen atoms in total. The Kier molecular flexibility index (Phi) is 10.8. The van der Waals surface area contributed by atoms with Crippen molar-refractivity contribution in [2.75, 3.05) is 22.7 Å². The topological polar surface area (TPSA) is 116 Å². The van der Waals surface area contributed by atoms with Crippen LogP contribution in [0, 0.1) is 5.92 Å². The normalized spacial score (nSPS) is 14.1. The maximum absolute atomic E-state index is 12.0. The number of anilines is 2. The van der Waals surface area contributed by atoms with Crippen molar-refractivity contribution in [1.82, 2.24) is 9.55 Å². The van der Waals surface area contributed by atoms with E-state index >= 15 is 0 Å². The summed E-state index contributed by atoms with van der Waals surface area (Å²) in [7, 11) is 0. The van der Waals surface area contributed by atoms with Crippen LogP contribution in [0.2, 0.25) is 10.0 Å². The highest BCUT2D eigenvalue weighted by Crippen LogP contribution is 2.32. The fourth-order valence-electron chi connectivity index (χ4n) is 6.20. The zero-order valence-corrected chi connectivity index (χ0v) is 28.6. The molecular weight excluding hydrogens is 665 g/mol.